The highest BCUT2D eigenvalue weighted by molar-refractivity contribution is 6.30. The second-order valence-electron chi connectivity index (χ2n) is 5.08. The Balaban J connectivity index is 1.63. The van der Waals surface area contributed by atoms with Crippen molar-refractivity contribution in [3.8, 4) is 11.6 Å². The third-order valence-corrected chi connectivity index (χ3v) is 3.69. The number of hydrogen-bond acceptors (Lipinski definition) is 5. The van der Waals surface area contributed by atoms with Gasteiger partial charge in [-0.2, -0.15) is 4.98 Å². The molecule has 1 saturated heterocycles. The van der Waals surface area contributed by atoms with Crippen molar-refractivity contribution < 1.29 is 9.47 Å². The first-order valence-electron chi connectivity index (χ1n) is 7.36. The van der Waals surface area contributed by atoms with Crippen molar-refractivity contribution in [3.05, 3.63) is 41.7 Å². The molecule has 22 heavy (non-hydrogen) atoms. The van der Waals surface area contributed by atoms with Crippen LogP contribution < -0.4 is 14.4 Å². The second-order valence-corrected chi connectivity index (χ2v) is 5.52. The normalized spacial score (nSPS) is 17.5. The molecule has 6 heteroatoms. The van der Waals surface area contributed by atoms with E-state index in [1.807, 2.05) is 31.2 Å². The maximum Gasteiger partial charge on any atom is 0.234 e. The SMILES string of the molecule is CCOc1cncc(N2CCC(Oc3cccc(Cl)c3)C2)n1. The first kappa shape index (κ1) is 14.9. The molecule has 116 valence electrons. The van der Waals surface area contributed by atoms with Crippen LogP contribution in [-0.2, 0) is 0 Å². The molecule has 0 aliphatic carbocycles. The van der Waals surface area contributed by atoms with Gasteiger partial charge in [0.25, 0.3) is 0 Å². The minimum absolute atomic E-state index is 0.121. The molecule has 3 rings (SSSR count). The molecule has 1 aliphatic rings. The van der Waals surface area contributed by atoms with Gasteiger partial charge in [0, 0.05) is 18.0 Å². The van der Waals surface area contributed by atoms with E-state index in [0.717, 1.165) is 31.1 Å². The summed E-state index contributed by atoms with van der Waals surface area (Å²) in [6.07, 6.45) is 4.44. The number of rotatable bonds is 5. The maximum atomic E-state index is 5.98. The quantitative estimate of drug-likeness (QED) is 0.847. The van der Waals surface area contributed by atoms with Crippen LogP contribution in [0.15, 0.2) is 36.7 Å². The summed E-state index contributed by atoms with van der Waals surface area (Å²) in [5.41, 5.74) is 0. The Kier molecular flexibility index (Phi) is 4.63. The summed E-state index contributed by atoms with van der Waals surface area (Å²) in [4.78, 5) is 10.8. The Bertz CT molecular complexity index is 638. The minimum Gasteiger partial charge on any atom is -0.488 e. The van der Waals surface area contributed by atoms with Gasteiger partial charge in [0.15, 0.2) is 5.82 Å². The van der Waals surface area contributed by atoms with E-state index in [0.29, 0.717) is 17.5 Å². The van der Waals surface area contributed by atoms with Gasteiger partial charge in [0.05, 0.1) is 25.5 Å². The van der Waals surface area contributed by atoms with E-state index in [-0.39, 0.29) is 6.10 Å². The molecule has 0 spiro atoms. The topological polar surface area (TPSA) is 47.5 Å². The molecule has 0 radical (unpaired) electrons. The number of anilines is 1. The highest BCUT2D eigenvalue weighted by atomic mass is 35.5. The summed E-state index contributed by atoms with van der Waals surface area (Å²) < 4.78 is 11.4. The zero-order chi connectivity index (χ0) is 15.4. The van der Waals surface area contributed by atoms with Crippen LogP contribution in [0.1, 0.15) is 13.3 Å². The van der Waals surface area contributed by atoms with Crippen molar-refractivity contribution in [1.29, 1.82) is 0 Å². The Morgan fingerprint density at radius 1 is 1.36 bits per heavy atom. The Morgan fingerprint density at radius 2 is 2.27 bits per heavy atom. The van der Waals surface area contributed by atoms with Crippen LogP contribution >= 0.6 is 11.6 Å². The molecule has 0 amide bonds. The van der Waals surface area contributed by atoms with Crippen molar-refractivity contribution in [3.63, 3.8) is 0 Å². The van der Waals surface area contributed by atoms with Crippen LogP contribution in [-0.4, -0.2) is 35.8 Å². The van der Waals surface area contributed by atoms with E-state index in [2.05, 4.69) is 14.9 Å². The lowest BCUT2D eigenvalue weighted by atomic mass is 10.3. The Morgan fingerprint density at radius 3 is 3.09 bits per heavy atom. The monoisotopic (exact) mass is 319 g/mol. The lowest BCUT2D eigenvalue weighted by Crippen LogP contribution is -2.25. The van der Waals surface area contributed by atoms with Crippen LogP contribution in [0.3, 0.4) is 0 Å². The Labute approximate surface area is 134 Å². The van der Waals surface area contributed by atoms with Crippen molar-refractivity contribution in [2.75, 3.05) is 24.6 Å². The number of ether oxygens (including phenoxy) is 2. The van der Waals surface area contributed by atoms with Crippen LogP contribution in [0.5, 0.6) is 11.6 Å². The minimum atomic E-state index is 0.121. The summed E-state index contributed by atoms with van der Waals surface area (Å²) in [6, 6.07) is 7.48. The van der Waals surface area contributed by atoms with E-state index in [4.69, 9.17) is 21.1 Å². The average molecular weight is 320 g/mol. The van der Waals surface area contributed by atoms with Gasteiger partial charge in [0.1, 0.15) is 11.9 Å². The summed E-state index contributed by atoms with van der Waals surface area (Å²) in [7, 11) is 0. The predicted octanol–water partition coefficient (Wildman–Crippen LogP) is 3.19. The lowest BCUT2D eigenvalue weighted by Gasteiger charge is -2.18. The van der Waals surface area contributed by atoms with Crippen molar-refractivity contribution in [2.45, 2.75) is 19.4 Å². The van der Waals surface area contributed by atoms with E-state index in [9.17, 15) is 0 Å². The number of aromatic nitrogens is 2. The van der Waals surface area contributed by atoms with Crippen LogP contribution in [0.25, 0.3) is 0 Å². The largest absolute Gasteiger partial charge is 0.488 e. The molecule has 1 aromatic heterocycles. The molecule has 1 aromatic carbocycles. The van der Waals surface area contributed by atoms with Gasteiger partial charge >= 0.3 is 0 Å². The fraction of sp³-hybridized carbons (Fsp3) is 0.375. The van der Waals surface area contributed by atoms with Crippen LogP contribution in [0.4, 0.5) is 5.82 Å². The molecular formula is C16H18ClN3O2. The average Bonchev–Trinajstić information content (AvgIpc) is 2.96. The van der Waals surface area contributed by atoms with Gasteiger partial charge in [-0.15, -0.1) is 0 Å². The third kappa shape index (κ3) is 3.60. The highest BCUT2D eigenvalue weighted by Gasteiger charge is 2.25. The maximum absolute atomic E-state index is 5.98. The standard InChI is InChI=1S/C16H18ClN3O2/c1-2-21-16-10-18-9-15(19-16)20-7-6-14(11-20)22-13-5-3-4-12(17)8-13/h3-5,8-10,14H,2,6-7,11H2,1H3. The molecule has 0 saturated carbocycles. The third-order valence-electron chi connectivity index (χ3n) is 3.46. The smallest absolute Gasteiger partial charge is 0.234 e. The summed E-state index contributed by atoms with van der Waals surface area (Å²) in [5, 5.41) is 0.683. The summed E-state index contributed by atoms with van der Waals surface area (Å²) >= 11 is 5.98. The van der Waals surface area contributed by atoms with Gasteiger partial charge in [0.2, 0.25) is 5.88 Å². The first-order chi connectivity index (χ1) is 10.7. The number of halogens is 1. The lowest BCUT2D eigenvalue weighted by molar-refractivity contribution is 0.225. The van der Waals surface area contributed by atoms with Gasteiger partial charge in [-0.3, -0.25) is 4.98 Å². The van der Waals surface area contributed by atoms with Gasteiger partial charge in [-0.1, -0.05) is 17.7 Å². The van der Waals surface area contributed by atoms with Crippen LogP contribution in [0, 0.1) is 0 Å². The number of benzene rings is 1. The number of hydrogen-bond donors (Lipinski definition) is 0. The van der Waals surface area contributed by atoms with Crippen molar-refractivity contribution in [1.82, 2.24) is 9.97 Å². The van der Waals surface area contributed by atoms with Gasteiger partial charge < -0.3 is 14.4 Å². The Hall–Kier alpha value is -2.01. The zero-order valence-corrected chi connectivity index (χ0v) is 13.2. The molecule has 1 fully saturated rings. The molecule has 5 nitrogen and oxygen atoms in total. The first-order valence-corrected chi connectivity index (χ1v) is 7.74. The fourth-order valence-corrected chi connectivity index (χ4v) is 2.65. The van der Waals surface area contributed by atoms with Gasteiger partial charge in [-0.25, -0.2) is 0 Å². The van der Waals surface area contributed by atoms with Gasteiger partial charge in [-0.05, 0) is 25.1 Å². The molecule has 1 atom stereocenters. The molecule has 2 aromatic rings. The number of nitrogens with zero attached hydrogens (tertiary/aromatic N) is 3. The highest BCUT2D eigenvalue weighted by Crippen LogP contribution is 2.24. The predicted molar refractivity (Wildman–Crippen MR) is 85.9 cm³/mol. The zero-order valence-electron chi connectivity index (χ0n) is 12.4. The molecule has 2 heterocycles. The van der Waals surface area contributed by atoms with E-state index in [1.165, 1.54) is 0 Å². The van der Waals surface area contributed by atoms with E-state index >= 15 is 0 Å². The molecule has 1 unspecified atom stereocenters. The summed E-state index contributed by atoms with van der Waals surface area (Å²) in [5.74, 6) is 2.18. The van der Waals surface area contributed by atoms with Crippen molar-refractivity contribution >= 4 is 17.4 Å². The fourth-order valence-electron chi connectivity index (χ4n) is 2.47. The summed E-state index contributed by atoms with van der Waals surface area (Å²) in [6.45, 7) is 4.17. The van der Waals surface area contributed by atoms with E-state index < -0.39 is 0 Å². The molecular weight excluding hydrogens is 302 g/mol. The molecule has 1 aliphatic heterocycles. The second kappa shape index (κ2) is 6.83. The van der Waals surface area contributed by atoms with Crippen LogP contribution in [0.2, 0.25) is 5.02 Å². The van der Waals surface area contributed by atoms with Crippen molar-refractivity contribution in [2.24, 2.45) is 0 Å². The van der Waals surface area contributed by atoms with E-state index in [1.54, 1.807) is 12.4 Å². The molecule has 0 bridgehead atoms. The molecule has 0 N–H and O–H groups in total.